The third-order valence-corrected chi connectivity index (χ3v) is 4.01. The Hall–Kier alpha value is -2.51. The van der Waals surface area contributed by atoms with E-state index in [4.69, 9.17) is 5.26 Å². The Morgan fingerprint density at radius 3 is 2.57 bits per heavy atom. The Morgan fingerprint density at radius 1 is 1.10 bits per heavy atom. The summed E-state index contributed by atoms with van der Waals surface area (Å²) in [5, 5.41) is 11.6. The molecule has 0 unspecified atom stereocenters. The van der Waals surface area contributed by atoms with Crippen molar-refractivity contribution in [1.29, 1.82) is 5.26 Å². The lowest BCUT2D eigenvalue weighted by atomic mass is 10.1. The summed E-state index contributed by atoms with van der Waals surface area (Å²) in [6, 6.07) is 16.1. The summed E-state index contributed by atoms with van der Waals surface area (Å²) < 4.78 is 13.6. The van der Waals surface area contributed by atoms with Gasteiger partial charge in [-0.1, -0.05) is 30.3 Å². The largest absolute Gasteiger partial charge is 0.241 e. The van der Waals surface area contributed by atoms with E-state index in [1.165, 1.54) is 17.4 Å². The molecule has 102 valence electrons. The van der Waals surface area contributed by atoms with Gasteiger partial charge in [0.1, 0.15) is 5.82 Å². The molecular weight excluding hydrogens is 283 g/mol. The minimum absolute atomic E-state index is 0.201. The SMILES string of the molecule is N#Cc1ccc(-c2csc(Cc3ccccc3F)n2)cc1. The molecule has 1 aromatic heterocycles. The van der Waals surface area contributed by atoms with E-state index < -0.39 is 0 Å². The van der Waals surface area contributed by atoms with Crippen LogP contribution in [0.4, 0.5) is 4.39 Å². The monoisotopic (exact) mass is 294 g/mol. The summed E-state index contributed by atoms with van der Waals surface area (Å²) >= 11 is 1.52. The third-order valence-electron chi connectivity index (χ3n) is 3.16. The summed E-state index contributed by atoms with van der Waals surface area (Å²) in [6.07, 6.45) is 0.494. The molecule has 0 bridgehead atoms. The first-order valence-corrected chi connectivity index (χ1v) is 7.32. The average molecular weight is 294 g/mol. The molecule has 21 heavy (non-hydrogen) atoms. The molecule has 0 fully saturated rings. The molecule has 3 rings (SSSR count). The van der Waals surface area contributed by atoms with E-state index in [0.717, 1.165) is 16.3 Å². The molecule has 2 aromatic carbocycles. The highest BCUT2D eigenvalue weighted by atomic mass is 32.1. The van der Waals surface area contributed by atoms with Crippen LogP contribution in [0.1, 0.15) is 16.1 Å². The predicted octanol–water partition coefficient (Wildman–Crippen LogP) is 4.41. The smallest absolute Gasteiger partial charge is 0.126 e. The maximum atomic E-state index is 13.6. The lowest BCUT2D eigenvalue weighted by molar-refractivity contribution is 0.614. The zero-order valence-corrected chi connectivity index (χ0v) is 11.9. The van der Waals surface area contributed by atoms with E-state index in [2.05, 4.69) is 11.1 Å². The zero-order valence-electron chi connectivity index (χ0n) is 11.1. The first-order valence-electron chi connectivity index (χ1n) is 6.44. The van der Waals surface area contributed by atoms with Crippen molar-refractivity contribution in [1.82, 2.24) is 4.98 Å². The zero-order chi connectivity index (χ0) is 14.7. The van der Waals surface area contributed by atoms with Crippen molar-refractivity contribution in [2.45, 2.75) is 6.42 Å². The summed E-state index contributed by atoms with van der Waals surface area (Å²) in [5.41, 5.74) is 3.10. The van der Waals surface area contributed by atoms with Gasteiger partial charge in [0, 0.05) is 17.4 Å². The van der Waals surface area contributed by atoms with E-state index in [0.29, 0.717) is 17.5 Å². The van der Waals surface area contributed by atoms with Gasteiger partial charge in [0.15, 0.2) is 0 Å². The average Bonchev–Trinajstić information content (AvgIpc) is 2.98. The van der Waals surface area contributed by atoms with Crippen molar-refractivity contribution in [3.63, 3.8) is 0 Å². The molecule has 0 saturated carbocycles. The fourth-order valence-corrected chi connectivity index (χ4v) is 2.87. The van der Waals surface area contributed by atoms with Crippen molar-refractivity contribution in [3.05, 3.63) is 75.9 Å². The van der Waals surface area contributed by atoms with Crippen molar-refractivity contribution < 1.29 is 4.39 Å². The summed E-state index contributed by atoms with van der Waals surface area (Å²) in [4.78, 5) is 4.54. The molecule has 1 heterocycles. The molecule has 0 N–H and O–H groups in total. The van der Waals surface area contributed by atoms with Gasteiger partial charge in [0.25, 0.3) is 0 Å². The van der Waals surface area contributed by atoms with Crippen molar-refractivity contribution in [3.8, 4) is 17.3 Å². The van der Waals surface area contributed by atoms with Crippen LogP contribution < -0.4 is 0 Å². The second-order valence-electron chi connectivity index (χ2n) is 4.58. The molecule has 2 nitrogen and oxygen atoms in total. The second kappa shape index (κ2) is 5.86. The third kappa shape index (κ3) is 2.99. The van der Waals surface area contributed by atoms with Crippen molar-refractivity contribution in [2.75, 3.05) is 0 Å². The van der Waals surface area contributed by atoms with E-state index in [1.54, 1.807) is 24.3 Å². The number of halogens is 1. The highest BCUT2D eigenvalue weighted by Crippen LogP contribution is 2.24. The van der Waals surface area contributed by atoms with Crippen molar-refractivity contribution in [2.24, 2.45) is 0 Å². The van der Waals surface area contributed by atoms with Gasteiger partial charge in [-0.05, 0) is 23.8 Å². The molecular formula is C17H11FN2S. The van der Waals surface area contributed by atoms with Gasteiger partial charge in [0.05, 0.1) is 22.3 Å². The van der Waals surface area contributed by atoms with Crippen LogP contribution in [0.5, 0.6) is 0 Å². The first-order chi connectivity index (χ1) is 10.3. The van der Waals surface area contributed by atoms with Gasteiger partial charge in [-0.25, -0.2) is 9.37 Å². The normalized spacial score (nSPS) is 10.3. The lowest BCUT2D eigenvalue weighted by Gasteiger charge is -1.99. The molecule has 0 aliphatic heterocycles. The van der Waals surface area contributed by atoms with Gasteiger partial charge < -0.3 is 0 Å². The van der Waals surface area contributed by atoms with E-state index in [9.17, 15) is 4.39 Å². The highest BCUT2D eigenvalue weighted by molar-refractivity contribution is 7.10. The van der Waals surface area contributed by atoms with E-state index >= 15 is 0 Å². The lowest BCUT2D eigenvalue weighted by Crippen LogP contribution is -1.91. The Kier molecular flexibility index (Phi) is 3.76. The maximum absolute atomic E-state index is 13.6. The molecule has 0 aliphatic carbocycles. The summed E-state index contributed by atoms with van der Waals surface area (Å²) in [7, 11) is 0. The number of nitrogens with zero attached hydrogens (tertiary/aromatic N) is 2. The number of thiazole rings is 1. The molecule has 0 aliphatic rings. The molecule has 3 aromatic rings. The number of nitriles is 1. The minimum Gasteiger partial charge on any atom is -0.241 e. The fourth-order valence-electron chi connectivity index (χ4n) is 2.04. The minimum atomic E-state index is -0.201. The Labute approximate surface area is 126 Å². The summed E-state index contributed by atoms with van der Waals surface area (Å²) in [6.45, 7) is 0. The van der Waals surface area contributed by atoms with Gasteiger partial charge in [-0.2, -0.15) is 5.26 Å². The number of benzene rings is 2. The number of aromatic nitrogens is 1. The molecule has 0 saturated heterocycles. The topological polar surface area (TPSA) is 36.7 Å². The quantitative estimate of drug-likeness (QED) is 0.717. The fraction of sp³-hybridized carbons (Fsp3) is 0.0588. The van der Waals surface area contributed by atoms with Crippen molar-refractivity contribution >= 4 is 11.3 Å². The Morgan fingerprint density at radius 2 is 1.86 bits per heavy atom. The maximum Gasteiger partial charge on any atom is 0.126 e. The Bertz CT molecular complexity index is 800. The second-order valence-corrected chi connectivity index (χ2v) is 5.53. The van der Waals surface area contributed by atoms with Crippen LogP contribution in [0.25, 0.3) is 11.3 Å². The molecule has 0 radical (unpaired) electrons. The van der Waals surface area contributed by atoms with E-state index in [-0.39, 0.29) is 5.82 Å². The molecule has 0 spiro atoms. The number of hydrogen-bond acceptors (Lipinski definition) is 3. The predicted molar refractivity (Wildman–Crippen MR) is 81.5 cm³/mol. The van der Waals surface area contributed by atoms with Gasteiger partial charge in [-0.15, -0.1) is 11.3 Å². The van der Waals surface area contributed by atoms with Crippen LogP contribution in [0.15, 0.2) is 53.9 Å². The van der Waals surface area contributed by atoms with Crippen LogP contribution in [0.3, 0.4) is 0 Å². The number of hydrogen-bond donors (Lipinski definition) is 0. The van der Waals surface area contributed by atoms with Gasteiger partial charge in [-0.3, -0.25) is 0 Å². The first kappa shape index (κ1) is 13.5. The van der Waals surface area contributed by atoms with E-state index in [1.807, 2.05) is 23.6 Å². The molecule has 0 atom stereocenters. The van der Waals surface area contributed by atoms with Crippen LogP contribution in [0.2, 0.25) is 0 Å². The molecule has 4 heteroatoms. The molecule has 0 amide bonds. The highest BCUT2D eigenvalue weighted by Gasteiger charge is 2.08. The number of rotatable bonds is 3. The van der Waals surface area contributed by atoms with Crippen LogP contribution in [-0.2, 0) is 6.42 Å². The van der Waals surface area contributed by atoms with Gasteiger partial charge >= 0.3 is 0 Å². The van der Waals surface area contributed by atoms with Gasteiger partial charge in [0.2, 0.25) is 0 Å². The standard InChI is InChI=1S/C17H11FN2S/c18-15-4-2-1-3-14(15)9-17-20-16(11-21-17)13-7-5-12(10-19)6-8-13/h1-8,11H,9H2. The summed E-state index contributed by atoms with van der Waals surface area (Å²) in [5.74, 6) is -0.201. The Balaban J connectivity index is 1.83. The van der Waals surface area contributed by atoms with Crippen LogP contribution in [0, 0.1) is 17.1 Å². The van der Waals surface area contributed by atoms with Crippen LogP contribution >= 0.6 is 11.3 Å². The van der Waals surface area contributed by atoms with Crippen LogP contribution in [-0.4, -0.2) is 4.98 Å².